The molecular weight excluding hydrogens is 122 g/mol. The molecule has 1 unspecified atom stereocenters. The topological polar surface area (TPSA) is 12.0 Å². The molecule has 1 heterocycles. The second-order valence-corrected chi connectivity index (χ2v) is 3.17. The Morgan fingerprint density at radius 1 is 1.60 bits per heavy atom. The lowest BCUT2D eigenvalue weighted by molar-refractivity contribution is 0.432. The Morgan fingerprint density at radius 3 is 2.90 bits per heavy atom. The highest BCUT2D eigenvalue weighted by atomic mass is 14.9. The third-order valence-corrected chi connectivity index (χ3v) is 2.35. The van der Waals surface area contributed by atoms with Gasteiger partial charge in [-0.25, -0.2) is 0 Å². The maximum Gasteiger partial charge on any atom is 0.00203 e. The molecule has 0 aromatic heterocycles. The molecule has 0 aromatic rings. The number of piperidine rings is 1. The van der Waals surface area contributed by atoms with Crippen molar-refractivity contribution in [3.05, 3.63) is 23.8 Å². The lowest BCUT2D eigenvalue weighted by Crippen LogP contribution is -2.29. The monoisotopic (exact) mass is 135 g/mol. The van der Waals surface area contributed by atoms with Crippen LogP contribution in [0.5, 0.6) is 0 Å². The van der Waals surface area contributed by atoms with E-state index in [9.17, 15) is 0 Å². The molecule has 2 aliphatic rings. The minimum atomic E-state index is 0.793. The summed E-state index contributed by atoms with van der Waals surface area (Å²) in [5, 5.41) is 3.39. The molecule has 1 aliphatic carbocycles. The van der Waals surface area contributed by atoms with Crippen LogP contribution in [0.1, 0.15) is 12.8 Å². The van der Waals surface area contributed by atoms with Gasteiger partial charge >= 0.3 is 0 Å². The van der Waals surface area contributed by atoms with E-state index in [1.807, 2.05) is 0 Å². The quantitative estimate of drug-likeness (QED) is 0.574. The fraction of sp³-hybridized carbons (Fsp3) is 0.556. The van der Waals surface area contributed by atoms with E-state index in [2.05, 4.69) is 18.0 Å². The molecule has 1 heteroatoms. The smallest absolute Gasteiger partial charge is 0.00203 e. The maximum atomic E-state index is 3.90. The van der Waals surface area contributed by atoms with Gasteiger partial charge in [0.15, 0.2) is 0 Å². The van der Waals surface area contributed by atoms with Crippen LogP contribution in [0, 0.1) is 5.92 Å². The fourth-order valence-electron chi connectivity index (χ4n) is 1.65. The first-order valence-electron chi connectivity index (χ1n) is 3.99. The van der Waals surface area contributed by atoms with E-state index in [-0.39, 0.29) is 0 Å². The molecule has 0 spiro atoms. The van der Waals surface area contributed by atoms with Gasteiger partial charge in [-0.1, -0.05) is 12.7 Å². The van der Waals surface area contributed by atoms with Gasteiger partial charge in [0, 0.05) is 6.54 Å². The number of nitrogens with one attached hydrogen (secondary N) is 1. The summed E-state index contributed by atoms with van der Waals surface area (Å²) < 4.78 is 0. The number of allylic oxidation sites excluding steroid dienone is 2. The van der Waals surface area contributed by atoms with Crippen LogP contribution < -0.4 is 5.32 Å². The van der Waals surface area contributed by atoms with Gasteiger partial charge in [0.2, 0.25) is 0 Å². The van der Waals surface area contributed by atoms with Crippen molar-refractivity contribution in [1.29, 1.82) is 0 Å². The van der Waals surface area contributed by atoms with Crippen molar-refractivity contribution >= 4 is 0 Å². The second-order valence-electron chi connectivity index (χ2n) is 3.17. The minimum Gasteiger partial charge on any atom is -0.316 e. The Morgan fingerprint density at radius 2 is 2.40 bits per heavy atom. The molecule has 54 valence electrons. The maximum absolute atomic E-state index is 3.90. The Balaban J connectivity index is 1.92. The molecule has 1 nitrogen and oxygen atoms in total. The lowest BCUT2D eigenvalue weighted by atomic mass is 9.96. The largest absolute Gasteiger partial charge is 0.316 e. The summed E-state index contributed by atoms with van der Waals surface area (Å²) in [4.78, 5) is 0. The summed E-state index contributed by atoms with van der Waals surface area (Å²) >= 11 is 0. The van der Waals surface area contributed by atoms with Crippen LogP contribution in [0.2, 0.25) is 0 Å². The van der Waals surface area contributed by atoms with E-state index in [4.69, 9.17) is 0 Å². The molecular formula is C9H13N. The molecule has 0 amide bonds. The van der Waals surface area contributed by atoms with E-state index in [1.54, 1.807) is 0 Å². The van der Waals surface area contributed by atoms with Crippen LogP contribution in [0.15, 0.2) is 23.8 Å². The molecule has 0 bridgehead atoms. The van der Waals surface area contributed by atoms with Gasteiger partial charge in [0.25, 0.3) is 0 Å². The van der Waals surface area contributed by atoms with Crippen molar-refractivity contribution in [2.75, 3.05) is 13.1 Å². The van der Waals surface area contributed by atoms with Crippen LogP contribution >= 0.6 is 0 Å². The van der Waals surface area contributed by atoms with Crippen molar-refractivity contribution in [2.24, 2.45) is 5.92 Å². The van der Waals surface area contributed by atoms with Crippen LogP contribution in [0.3, 0.4) is 0 Å². The summed E-state index contributed by atoms with van der Waals surface area (Å²) in [5.74, 6) is 0.793. The van der Waals surface area contributed by atoms with Gasteiger partial charge in [0.05, 0.1) is 0 Å². The Hall–Kier alpha value is -0.560. The lowest BCUT2D eigenvalue weighted by Gasteiger charge is -2.20. The summed E-state index contributed by atoms with van der Waals surface area (Å²) in [5.41, 5.74) is 2.81. The summed E-state index contributed by atoms with van der Waals surface area (Å²) in [7, 11) is 0. The molecule has 0 radical (unpaired) electrons. The van der Waals surface area contributed by atoms with E-state index < -0.39 is 0 Å². The molecule has 0 aromatic carbocycles. The van der Waals surface area contributed by atoms with Gasteiger partial charge in [-0.15, -0.1) is 0 Å². The SMILES string of the molecule is C=C1C=C1C1CCCNC1. The first kappa shape index (κ1) is 6.17. The highest BCUT2D eigenvalue weighted by molar-refractivity contribution is 5.56. The zero-order chi connectivity index (χ0) is 6.97. The van der Waals surface area contributed by atoms with Crippen molar-refractivity contribution in [3.8, 4) is 0 Å². The highest BCUT2D eigenvalue weighted by Crippen LogP contribution is 2.36. The van der Waals surface area contributed by atoms with Gasteiger partial charge in [0.1, 0.15) is 0 Å². The molecule has 1 atom stereocenters. The molecule has 1 N–H and O–H groups in total. The van der Waals surface area contributed by atoms with Crippen molar-refractivity contribution < 1.29 is 0 Å². The van der Waals surface area contributed by atoms with Crippen LogP contribution in [0.25, 0.3) is 0 Å². The third kappa shape index (κ3) is 1.01. The molecule has 0 saturated carbocycles. The average molecular weight is 135 g/mol. The zero-order valence-corrected chi connectivity index (χ0v) is 6.19. The molecule has 1 saturated heterocycles. The molecule has 1 aliphatic heterocycles. The van der Waals surface area contributed by atoms with E-state index in [1.165, 1.54) is 37.1 Å². The minimum absolute atomic E-state index is 0.793. The van der Waals surface area contributed by atoms with Crippen molar-refractivity contribution in [2.45, 2.75) is 12.8 Å². The predicted molar refractivity (Wildman–Crippen MR) is 42.8 cm³/mol. The highest BCUT2D eigenvalue weighted by Gasteiger charge is 2.25. The third-order valence-electron chi connectivity index (χ3n) is 2.35. The zero-order valence-electron chi connectivity index (χ0n) is 6.19. The van der Waals surface area contributed by atoms with Crippen LogP contribution in [0.4, 0.5) is 0 Å². The first-order chi connectivity index (χ1) is 4.88. The Kier molecular flexibility index (Phi) is 1.38. The predicted octanol–water partition coefficient (Wildman–Crippen LogP) is 1.48. The first-order valence-corrected chi connectivity index (χ1v) is 3.99. The van der Waals surface area contributed by atoms with E-state index in [0.717, 1.165) is 5.92 Å². The number of hydrogen-bond donors (Lipinski definition) is 1. The average Bonchev–Trinajstić information content (AvgIpc) is 2.69. The van der Waals surface area contributed by atoms with Gasteiger partial charge in [-0.2, -0.15) is 0 Å². The van der Waals surface area contributed by atoms with E-state index in [0.29, 0.717) is 0 Å². The Labute approximate surface area is 61.8 Å². The summed E-state index contributed by atoms with van der Waals surface area (Å²) in [6.07, 6.45) is 4.89. The van der Waals surface area contributed by atoms with Crippen molar-refractivity contribution in [3.63, 3.8) is 0 Å². The summed E-state index contributed by atoms with van der Waals surface area (Å²) in [6, 6.07) is 0. The molecule has 10 heavy (non-hydrogen) atoms. The normalized spacial score (nSPS) is 31.8. The van der Waals surface area contributed by atoms with Crippen LogP contribution in [-0.4, -0.2) is 13.1 Å². The van der Waals surface area contributed by atoms with Gasteiger partial charge in [-0.3, -0.25) is 0 Å². The second kappa shape index (κ2) is 2.24. The molecule has 2 rings (SSSR count). The molecule has 1 fully saturated rings. The summed E-state index contributed by atoms with van der Waals surface area (Å²) in [6.45, 7) is 6.28. The Bertz CT molecular complexity index is 185. The standard InChI is InChI=1S/C9H13N/c1-7-5-9(7)8-3-2-4-10-6-8/h5,8,10H,1-4,6H2. The fourth-order valence-corrected chi connectivity index (χ4v) is 1.65. The van der Waals surface area contributed by atoms with Gasteiger partial charge < -0.3 is 5.32 Å². The number of rotatable bonds is 1. The van der Waals surface area contributed by atoms with Crippen LogP contribution in [-0.2, 0) is 0 Å². The van der Waals surface area contributed by atoms with Gasteiger partial charge in [-0.05, 0) is 36.5 Å². The van der Waals surface area contributed by atoms with E-state index >= 15 is 0 Å². The van der Waals surface area contributed by atoms with Crippen molar-refractivity contribution in [1.82, 2.24) is 5.32 Å². The number of hydrogen-bond acceptors (Lipinski definition) is 1.